The van der Waals surface area contributed by atoms with Gasteiger partial charge in [0.25, 0.3) is 0 Å². The van der Waals surface area contributed by atoms with Gasteiger partial charge >= 0.3 is 5.97 Å². The third kappa shape index (κ3) is 7.88. The number of hydrogen-bond donors (Lipinski definition) is 0. The molecule has 0 aliphatic carbocycles. The zero-order valence-electron chi connectivity index (χ0n) is 15.7. The first-order valence-corrected chi connectivity index (χ1v) is 9.85. The van der Waals surface area contributed by atoms with Crippen molar-refractivity contribution in [3.63, 3.8) is 0 Å². The Bertz CT molecular complexity index is 713. The first-order valence-electron chi connectivity index (χ1n) is 9.47. The minimum absolute atomic E-state index is 0.0659. The van der Waals surface area contributed by atoms with Crippen LogP contribution in [0.25, 0.3) is 11.1 Å². The molecular formula is C23H27ClO3. The molecule has 0 aliphatic rings. The number of halogens is 1. The lowest BCUT2D eigenvalue weighted by molar-refractivity contribution is -0.138. The van der Waals surface area contributed by atoms with Gasteiger partial charge in [0.15, 0.2) is 0 Å². The highest BCUT2D eigenvalue weighted by molar-refractivity contribution is 6.40. The Morgan fingerprint density at radius 2 is 1.41 bits per heavy atom. The number of esters is 1. The molecule has 0 fully saturated rings. The van der Waals surface area contributed by atoms with E-state index in [9.17, 15) is 4.79 Å². The molecule has 0 saturated carbocycles. The quantitative estimate of drug-likeness (QED) is 0.241. The predicted molar refractivity (Wildman–Crippen MR) is 111 cm³/mol. The second-order valence-corrected chi connectivity index (χ2v) is 6.83. The summed E-state index contributed by atoms with van der Waals surface area (Å²) in [5.74, 6) is 0.413. The molecule has 27 heavy (non-hydrogen) atoms. The molecule has 3 nitrogen and oxygen atoms in total. The third-order valence-corrected chi connectivity index (χ3v) is 4.38. The van der Waals surface area contributed by atoms with Crippen molar-refractivity contribution in [1.29, 1.82) is 0 Å². The number of rotatable bonds is 12. The second-order valence-electron chi connectivity index (χ2n) is 6.37. The lowest BCUT2D eigenvalue weighted by Crippen LogP contribution is -2.04. The van der Waals surface area contributed by atoms with Gasteiger partial charge in [-0.3, -0.25) is 0 Å². The average molecular weight is 387 g/mol. The fourth-order valence-corrected chi connectivity index (χ4v) is 2.84. The topological polar surface area (TPSA) is 35.5 Å². The molecule has 0 bridgehead atoms. The number of unbranched alkanes of at least 4 members (excludes halogenated alkanes) is 5. The average Bonchev–Trinajstić information content (AvgIpc) is 2.70. The van der Waals surface area contributed by atoms with Crippen LogP contribution in [0.1, 0.15) is 38.5 Å². The van der Waals surface area contributed by atoms with Crippen LogP contribution in [-0.4, -0.2) is 19.2 Å². The molecule has 0 unspecified atom stereocenters. The van der Waals surface area contributed by atoms with Crippen molar-refractivity contribution in [2.45, 2.75) is 38.5 Å². The van der Waals surface area contributed by atoms with Crippen LogP contribution in [0.2, 0.25) is 0 Å². The Morgan fingerprint density at radius 3 is 2.11 bits per heavy atom. The minimum Gasteiger partial charge on any atom is -0.493 e. The van der Waals surface area contributed by atoms with Gasteiger partial charge in [-0.1, -0.05) is 92.4 Å². The summed E-state index contributed by atoms with van der Waals surface area (Å²) in [5.41, 5.74) is 2.30. The van der Waals surface area contributed by atoms with E-state index in [0.29, 0.717) is 6.61 Å². The summed E-state index contributed by atoms with van der Waals surface area (Å²) in [4.78, 5) is 11.1. The Hall–Kier alpha value is -2.26. The molecule has 0 spiro atoms. The van der Waals surface area contributed by atoms with Crippen molar-refractivity contribution in [2.24, 2.45) is 0 Å². The number of hydrogen-bond acceptors (Lipinski definition) is 3. The van der Waals surface area contributed by atoms with Crippen LogP contribution in [0.5, 0.6) is 5.75 Å². The van der Waals surface area contributed by atoms with E-state index in [2.05, 4.69) is 24.8 Å². The van der Waals surface area contributed by atoms with E-state index in [1.54, 1.807) is 0 Å². The van der Waals surface area contributed by atoms with E-state index >= 15 is 0 Å². The summed E-state index contributed by atoms with van der Waals surface area (Å²) >= 11 is 5.45. The lowest BCUT2D eigenvalue weighted by Gasteiger charge is -2.11. The van der Waals surface area contributed by atoms with Gasteiger partial charge in [-0.05, 0) is 24.5 Å². The maximum Gasteiger partial charge on any atom is 0.349 e. The highest BCUT2D eigenvalue weighted by atomic mass is 35.5. The summed E-state index contributed by atoms with van der Waals surface area (Å²) in [6, 6.07) is 18.5. The van der Waals surface area contributed by atoms with E-state index in [4.69, 9.17) is 21.1 Å². The molecule has 0 saturated heterocycles. The van der Waals surface area contributed by atoms with E-state index in [1.165, 1.54) is 5.56 Å². The number of carbonyl (C=O) groups excluding carboxylic acids is 1. The SMILES string of the molecule is C=C(Cl)C(=O)OCCCCCCCCOc1ccccc1-c1ccccc1. The van der Waals surface area contributed by atoms with Crippen molar-refractivity contribution in [3.8, 4) is 16.9 Å². The third-order valence-electron chi connectivity index (χ3n) is 4.22. The van der Waals surface area contributed by atoms with Gasteiger partial charge in [-0.2, -0.15) is 0 Å². The maximum atomic E-state index is 11.1. The number of para-hydroxylation sites is 1. The molecule has 0 amide bonds. The molecule has 4 heteroatoms. The van der Waals surface area contributed by atoms with Crippen molar-refractivity contribution in [1.82, 2.24) is 0 Å². The molecule has 0 N–H and O–H groups in total. The van der Waals surface area contributed by atoms with Crippen LogP contribution in [-0.2, 0) is 9.53 Å². The summed E-state index contributed by atoms with van der Waals surface area (Å²) in [6.45, 7) is 4.46. The lowest BCUT2D eigenvalue weighted by atomic mass is 10.0. The first kappa shape index (κ1) is 21.0. The summed E-state index contributed by atoms with van der Waals surface area (Å²) in [6.07, 6.45) is 6.34. The Kier molecular flexibility index (Phi) is 9.50. The Balaban J connectivity index is 1.58. The van der Waals surface area contributed by atoms with Crippen molar-refractivity contribution in [3.05, 3.63) is 66.2 Å². The molecule has 0 radical (unpaired) electrons. The van der Waals surface area contributed by atoms with Gasteiger partial charge in [0.05, 0.1) is 13.2 Å². The van der Waals surface area contributed by atoms with Crippen LogP contribution in [0.3, 0.4) is 0 Å². The summed E-state index contributed by atoms with van der Waals surface area (Å²) in [7, 11) is 0. The van der Waals surface area contributed by atoms with Gasteiger partial charge in [-0.25, -0.2) is 4.79 Å². The molecule has 2 aromatic carbocycles. The smallest absolute Gasteiger partial charge is 0.349 e. The normalized spacial score (nSPS) is 10.4. The van der Waals surface area contributed by atoms with Crippen LogP contribution < -0.4 is 4.74 Å². The first-order chi connectivity index (χ1) is 13.2. The monoisotopic (exact) mass is 386 g/mol. The standard InChI is InChI=1S/C23H27ClO3/c1-19(24)23(25)27-18-12-5-3-2-4-11-17-26-22-16-10-9-15-21(22)20-13-7-6-8-14-20/h6-10,13-16H,1-5,11-12,17-18H2. The van der Waals surface area contributed by atoms with Crippen molar-refractivity contribution in [2.75, 3.05) is 13.2 Å². The molecule has 0 atom stereocenters. The highest BCUT2D eigenvalue weighted by Gasteiger charge is 2.05. The molecule has 2 rings (SSSR count). The van der Waals surface area contributed by atoms with Gasteiger partial charge < -0.3 is 9.47 Å². The predicted octanol–water partition coefficient (Wildman–Crippen LogP) is 6.37. The molecule has 0 aliphatic heterocycles. The van der Waals surface area contributed by atoms with Gasteiger partial charge in [0, 0.05) is 5.56 Å². The van der Waals surface area contributed by atoms with E-state index in [1.807, 2.05) is 36.4 Å². The zero-order valence-corrected chi connectivity index (χ0v) is 16.4. The van der Waals surface area contributed by atoms with Gasteiger partial charge in [0.1, 0.15) is 10.8 Å². The largest absolute Gasteiger partial charge is 0.493 e. The summed E-state index contributed by atoms with van der Waals surface area (Å²) < 4.78 is 11.0. The fraction of sp³-hybridized carbons (Fsp3) is 0.348. The molecule has 144 valence electrons. The number of ether oxygens (including phenoxy) is 2. The van der Waals surface area contributed by atoms with Crippen molar-refractivity contribution < 1.29 is 14.3 Å². The molecule has 2 aromatic rings. The second kappa shape index (κ2) is 12.2. The Morgan fingerprint density at radius 1 is 0.815 bits per heavy atom. The highest BCUT2D eigenvalue weighted by Crippen LogP contribution is 2.29. The van der Waals surface area contributed by atoms with Crippen molar-refractivity contribution >= 4 is 17.6 Å². The number of benzene rings is 2. The van der Waals surface area contributed by atoms with Crippen LogP contribution >= 0.6 is 11.6 Å². The maximum absolute atomic E-state index is 11.1. The van der Waals surface area contributed by atoms with Crippen LogP contribution in [0.15, 0.2) is 66.2 Å². The van der Waals surface area contributed by atoms with E-state index in [-0.39, 0.29) is 5.03 Å². The zero-order chi connectivity index (χ0) is 19.3. The summed E-state index contributed by atoms with van der Waals surface area (Å²) in [5, 5.41) is -0.0659. The van der Waals surface area contributed by atoms with Crippen LogP contribution in [0, 0.1) is 0 Å². The van der Waals surface area contributed by atoms with Gasteiger partial charge in [-0.15, -0.1) is 0 Å². The van der Waals surface area contributed by atoms with E-state index in [0.717, 1.165) is 56.4 Å². The minimum atomic E-state index is -0.524. The Labute approximate surface area is 167 Å². The van der Waals surface area contributed by atoms with E-state index < -0.39 is 5.97 Å². The van der Waals surface area contributed by atoms with Gasteiger partial charge in [0.2, 0.25) is 0 Å². The molecule has 0 heterocycles. The molecular weight excluding hydrogens is 360 g/mol. The van der Waals surface area contributed by atoms with Crippen LogP contribution in [0.4, 0.5) is 0 Å². The number of carbonyl (C=O) groups is 1. The molecule has 0 aromatic heterocycles. The fourth-order valence-electron chi connectivity index (χ4n) is 2.79.